The Labute approximate surface area is 146 Å². The third-order valence-corrected chi connectivity index (χ3v) is 3.83. The van der Waals surface area contributed by atoms with Crippen molar-refractivity contribution in [3.63, 3.8) is 0 Å². The van der Waals surface area contributed by atoms with Crippen molar-refractivity contribution in [3.05, 3.63) is 0 Å². The van der Waals surface area contributed by atoms with Crippen molar-refractivity contribution in [1.29, 1.82) is 0 Å². The number of carbonyl (C=O) groups excluding carboxylic acids is 2. The van der Waals surface area contributed by atoms with Gasteiger partial charge in [-0.2, -0.15) is 0 Å². The highest BCUT2D eigenvalue weighted by molar-refractivity contribution is 6.17. The van der Waals surface area contributed by atoms with E-state index in [-0.39, 0.29) is 11.9 Å². The average molecular weight is 349 g/mol. The molecule has 0 aliphatic carbocycles. The first-order chi connectivity index (χ1) is 11.2. The molecule has 4 nitrogen and oxygen atoms in total. The van der Waals surface area contributed by atoms with Crippen LogP contribution in [0.15, 0.2) is 0 Å². The van der Waals surface area contributed by atoms with Gasteiger partial charge in [0.05, 0.1) is 13.2 Å². The Morgan fingerprint density at radius 3 is 1.70 bits per heavy atom. The number of hydrogen-bond donors (Lipinski definition) is 0. The Hall–Kier alpha value is -0.770. The number of alkyl halides is 1. The molecule has 0 heterocycles. The second kappa shape index (κ2) is 17.6. The number of esters is 2. The SMILES string of the molecule is CCCCOC(=O)CCCCC(=O)OCCCCCCCCCl. The van der Waals surface area contributed by atoms with Crippen LogP contribution < -0.4 is 0 Å². The van der Waals surface area contributed by atoms with E-state index in [0.717, 1.165) is 38.0 Å². The Morgan fingerprint density at radius 2 is 1.17 bits per heavy atom. The highest BCUT2D eigenvalue weighted by Crippen LogP contribution is 2.07. The van der Waals surface area contributed by atoms with Crippen LogP contribution in [0.4, 0.5) is 0 Å². The molecule has 0 saturated carbocycles. The van der Waals surface area contributed by atoms with Crippen molar-refractivity contribution in [1.82, 2.24) is 0 Å². The molecule has 0 amide bonds. The van der Waals surface area contributed by atoms with E-state index in [1.807, 2.05) is 0 Å². The van der Waals surface area contributed by atoms with Gasteiger partial charge in [-0.05, 0) is 32.1 Å². The summed E-state index contributed by atoms with van der Waals surface area (Å²) in [6, 6.07) is 0. The Morgan fingerprint density at radius 1 is 0.696 bits per heavy atom. The largest absolute Gasteiger partial charge is 0.466 e. The lowest BCUT2D eigenvalue weighted by atomic mass is 10.1. The number of ether oxygens (including phenoxy) is 2. The Bertz CT molecular complexity index is 295. The summed E-state index contributed by atoms with van der Waals surface area (Å²) in [4.78, 5) is 22.9. The van der Waals surface area contributed by atoms with E-state index < -0.39 is 0 Å². The molecule has 0 aliphatic rings. The summed E-state index contributed by atoms with van der Waals surface area (Å²) in [6.45, 7) is 3.07. The molecule has 0 spiro atoms. The summed E-state index contributed by atoms with van der Waals surface area (Å²) in [5.74, 6) is 0.418. The molecule has 0 N–H and O–H groups in total. The molecule has 0 aromatic rings. The third-order valence-electron chi connectivity index (χ3n) is 3.56. The fourth-order valence-corrected chi connectivity index (χ4v) is 2.29. The molecule has 0 aliphatic heterocycles. The van der Waals surface area contributed by atoms with E-state index >= 15 is 0 Å². The van der Waals surface area contributed by atoms with Crippen molar-refractivity contribution in [2.75, 3.05) is 19.1 Å². The minimum atomic E-state index is -0.166. The molecule has 0 saturated heterocycles. The standard InChI is InChI=1S/C18H33ClO4/c1-2-3-15-22-17(20)12-8-9-13-18(21)23-16-11-7-5-4-6-10-14-19/h2-16H2,1H3. The number of unbranched alkanes of at least 4 members (excludes halogenated alkanes) is 7. The van der Waals surface area contributed by atoms with Crippen molar-refractivity contribution in [2.45, 2.75) is 84.0 Å². The van der Waals surface area contributed by atoms with Gasteiger partial charge in [-0.1, -0.05) is 39.0 Å². The maximum atomic E-state index is 11.5. The van der Waals surface area contributed by atoms with Gasteiger partial charge in [0.15, 0.2) is 0 Å². The summed E-state index contributed by atoms with van der Waals surface area (Å²) in [5.41, 5.74) is 0. The van der Waals surface area contributed by atoms with E-state index in [2.05, 4.69) is 6.92 Å². The first-order valence-corrected chi connectivity index (χ1v) is 9.61. The molecule has 0 bridgehead atoms. The molecular formula is C18H33ClO4. The van der Waals surface area contributed by atoms with Crippen LogP contribution in [0.1, 0.15) is 84.0 Å². The van der Waals surface area contributed by atoms with Crippen LogP contribution in [0, 0.1) is 0 Å². The highest BCUT2D eigenvalue weighted by atomic mass is 35.5. The van der Waals surface area contributed by atoms with E-state index in [1.54, 1.807) is 0 Å². The van der Waals surface area contributed by atoms with Crippen LogP contribution in [-0.2, 0) is 19.1 Å². The molecule has 0 radical (unpaired) electrons. The van der Waals surface area contributed by atoms with Crippen LogP contribution in [0.5, 0.6) is 0 Å². The summed E-state index contributed by atoms with van der Waals surface area (Å²) < 4.78 is 10.2. The maximum Gasteiger partial charge on any atom is 0.305 e. The van der Waals surface area contributed by atoms with Crippen LogP contribution in [0.2, 0.25) is 0 Å². The molecule has 0 unspecified atom stereocenters. The first kappa shape index (κ1) is 22.2. The van der Waals surface area contributed by atoms with Gasteiger partial charge in [-0.3, -0.25) is 9.59 Å². The predicted octanol–water partition coefficient (Wildman–Crippen LogP) is 5.01. The lowest BCUT2D eigenvalue weighted by Gasteiger charge is -2.05. The zero-order valence-electron chi connectivity index (χ0n) is 14.6. The second-order valence-electron chi connectivity index (χ2n) is 5.81. The van der Waals surface area contributed by atoms with Crippen molar-refractivity contribution in [3.8, 4) is 0 Å². The van der Waals surface area contributed by atoms with E-state index in [4.69, 9.17) is 21.1 Å². The first-order valence-electron chi connectivity index (χ1n) is 9.08. The molecule has 0 fully saturated rings. The zero-order valence-corrected chi connectivity index (χ0v) is 15.4. The minimum Gasteiger partial charge on any atom is -0.466 e. The van der Waals surface area contributed by atoms with Gasteiger partial charge in [-0.25, -0.2) is 0 Å². The average Bonchev–Trinajstić information content (AvgIpc) is 2.54. The number of hydrogen-bond acceptors (Lipinski definition) is 4. The second-order valence-corrected chi connectivity index (χ2v) is 6.19. The number of carbonyl (C=O) groups is 2. The summed E-state index contributed by atoms with van der Waals surface area (Å²) in [7, 11) is 0. The molecule has 0 rings (SSSR count). The molecule has 23 heavy (non-hydrogen) atoms. The third kappa shape index (κ3) is 17.4. The Balaban J connectivity index is 3.29. The monoisotopic (exact) mass is 348 g/mol. The van der Waals surface area contributed by atoms with Crippen LogP contribution >= 0.6 is 11.6 Å². The van der Waals surface area contributed by atoms with E-state index in [0.29, 0.717) is 38.9 Å². The maximum absolute atomic E-state index is 11.5. The molecule has 5 heteroatoms. The van der Waals surface area contributed by atoms with Crippen molar-refractivity contribution < 1.29 is 19.1 Å². The van der Waals surface area contributed by atoms with E-state index in [9.17, 15) is 9.59 Å². The number of halogens is 1. The van der Waals surface area contributed by atoms with Gasteiger partial charge >= 0.3 is 11.9 Å². The van der Waals surface area contributed by atoms with Crippen LogP contribution in [0.3, 0.4) is 0 Å². The van der Waals surface area contributed by atoms with Gasteiger partial charge in [0.25, 0.3) is 0 Å². The lowest BCUT2D eigenvalue weighted by molar-refractivity contribution is -0.146. The van der Waals surface area contributed by atoms with Crippen molar-refractivity contribution >= 4 is 23.5 Å². The summed E-state index contributed by atoms with van der Waals surface area (Å²) in [6.07, 6.45) is 10.7. The molecular weight excluding hydrogens is 316 g/mol. The minimum absolute atomic E-state index is 0.161. The highest BCUT2D eigenvalue weighted by Gasteiger charge is 2.06. The molecule has 0 atom stereocenters. The van der Waals surface area contributed by atoms with Crippen molar-refractivity contribution in [2.24, 2.45) is 0 Å². The Kier molecular flexibility index (Phi) is 17.0. The van der Waals surface area contributed by atoms with E-state index in [1.165, 1.54) is 19.3 Å². The van der Waals surface area contributed by atoms with Gasteiger partial charge in [0.1, 0.15) is 0 Å². The van der Waals surface area contributed by atoms with Gasteiger partial charge < -0.3 is 9.47 Å². The van der Waals surface area contributed by atoms with Gasteiger partial charge in [0, 0.05) is 18.7 Å². The number of rotatable bonds is 16. The molecule has 0 aromatic heterocycles. The quantitative estimate of drug-likeness (QED) is 0.223. The molecule has 136 valence electrons. The fourth-order valence-electron chi connectivity index (χ4n) is 2.10. The topological polar surface area (TPSA) is 52.6 Å². The summed E-state index contributed by atoms with van der Waals surface area (Å²) >= 11 is 5.61. The van der Waals surface area contributed by atoms with Crippen LogP contribution in [0.25, 0.3) is 0 Å². The smallest absolute Gasteiger partial charge is 0.305 e. The fraction of sp³-hybridized carbons (Fsp3) is 0.889. The summed E-state index contributed by atoms with van der Waals surface area (Å²) in [5, 5.41) is 0. The van der Waals surface area contributed by atoms with Gasteiger partial charge in [0.2, 0.25) is 0 Å². The van der Waals surface area contributed by atoms with Gasteiger partial charge in [-0.15, -0.1) is 11.6 Å². The van der Waals surface area contributed by atoms with Crippen LogP contribution in [-0.4, -0.2) is 31.0 Å². The lowest BCUT2D eigenvalue weighted by Crippen LogP contribution is -2.08. The molecule has 0 aromatic carbocycles. The zero-order chi connectivity index (χ0) is 17.2. The predicted molar refractivity (Wildman–Crippen MR) is 93.7 cm³/mol. The normalized spacial score (nSPS) is 10.5.